The zero-order valence-corrected chi connectivity index (χ0v) is 7.71. The predicted octanol–water partition coefficient (Wildman–Crippen LogP) is 1.92. The van der Waals surface area contributed by atoms with Crippen molar-refractivity contribution in [1.29, 1.82) is 0 Å². The molecular formula is C10H10FNO2. The number of hydrogen-bond acceptors (Lipinski definition) is 2. The summed E-state index contributed by atoms with van der Waals surface area (Å²) < 4.78 is 17.7. The molecule has 1 heterocycles. The van der Waals surface area contributed by atoms with Crippen LogP contribution in [0.5, 0.6) is 0 Å². The fourth-order valence-corrected chi connectivity index (χ4v) is 1.45. The highest BCUT2D eigenvalue weighted by molar-refractivity contribution is 5.70. The molecule has 4 heteroatoms. The average molecular weight is 195 g/mol. The van der Waals surface area contributed by atoms with Crippen LogP contribution in [0, 0.1) is 12.7 Å². The van der Waals surface area contributed by atoms with E-state index in [1.165, 1.54) is 6.07 Å². The van der Waals surface area contributed by atoms with Crippen LogP contribution in [0.1, 0.15) is 17.2 Å². The standard InChI is InChI=1S/C10H10FNO2/c1-6-4-7(2-3-8(6)11)9-5-14-10(13)12-9/h2-4,9H,5H2,1H3,(H,12,13)/t9-/m0/s1. The molecule has 1 aromatic carbocycles. The van der Waals surface area contributed by atoms with Crippen LogP contribution in [0.3, 0.4) is 0 Å². The first-order chi connectivity index (χ1) is 6.66. The molecule has 0 spiro atoms. The summed E-state index contributed by atoms with van der Waals surface area (Å²) in [6.07, 6.45) is -0.419. The molecule has 1 fully saturated rings. The number of carbonyl (C=O) groups excluding carboxylic acids is 1. The maximum atomic E-state index is 12.9. The molecule has 1 aliphatic heterocycles. The summed E-state index contributed by atoms with van der Waals surface area (Å²) in [5.74, 6) is -0.237. The molecule has 74 valence electrons. The molecule has 3 nitrogen and oxygen atoms in total. The molecule has 0 bridgehead atoms. The summed E-state index contributed by atoms with van der Waals surface area (Å²) >= 11 is 0. The van der Waals surface area contributed by atoms with E-state index in [1.54, 1.807) is 19.1 Å². The van der Waals surface area contributed by atoms with Gasteiger partial charge in [-0.2, -0.15) is 0 Å². The van der Waals surface area contributed by atoms with Gasteiger partial charge in [0.1, 0.15) is 12.4 Å². The van der Waals surface area contributed by atoms with E-state index in [9.17, 15) is 9.18 Å². The van der Waals surface area contributed by atoms with Crippen LogP contribution in [-0.4, -0.2) is 12.7 Å². The molecule has 0 aromatic heterocycles. The number of aryl methyl sites for hydroxylation is 1. The predicted molar refractivity (Wildman–Crippen MR) is 48.4 cm³/mol. The number of amides is 1. The van der Waals surface area contributed by atoms with Crippen LogP contribution in [0.4, 0.5) is 9.18 Å². The van der Waals surface area contributed by atoms with Crippen LogP contribution in [0.15, 0.2) is 18.2 Å². The maximum absolute atomic E-state index is 12.9. The minimum absolute atomic E-state index is 0.151. The lowest BCUT2D eigenvalue weighted by Crippen LogP contribution is -2.18. The molecule has 0 aliphatic carbocycles. The summed E-state index contributed by atoms with van der Waals surface area (Å²) in [6, 6.07) is 4.62. The van der Waals surface area contributed by atoms with E-state index in [0.29, 0.717) is 12.2 Å². The van der Waals surface area contributed by atoms with Crippen molar-refractivity contribution in [2.75, 3.05) is 6.61 Å². The first-order valence-electron chi connectivity index (χ1n) is 4.36. The Morgan fingerprint density at radius 2 is 2.36 bits per heavy atom. The lowest BCUT2D eigenvalue weighted by Gasteiger charge is -2.08. The minimum Gasteiger partial charge on any atom is -0.447 e. The van der Waals surface area contributed by atoms with E-state index in [2.05, 4.69) is 5.32 Å². The molecule has 0 saturated carbocycles. The van der Waals surface area contributed by atoms with Crippen LogP contribution < -0.4 is 5.32 Å². The van der Waals surface area contributed by atoms with E-state index in [4.69, 9.17) is 4.74 Å². The first-order valence-corrected chi connectivity index (χ1v) is 4.36. The van der Waals surface area contributed by atoms with Gasteiger partial charge < -0.3 is 10.1 Å². The Morgan fingerprint density at radius 1 is 1.57 bits per heavy atom. The molecule has 14 heavy (non-hydrogen) atoms. The number of nitrogens with one attached hydrogen (secondary N) is 1. The highest BCUT2D eigenvalue weighted by Crippen LogP contribution is 2.20. The van der Waals surface area contributed by atoms with Crippen molar-refractivity contribution in [2.45, 2.75) is 13.0 Å². The van der Waals surface area contributed by atoms with Crippen molar-refractivity contribution in [3.63, 3.8) is 0 Å². The van der Waals surface area contributed by atoms with Crippen molar-refractivity contribution in [3.05, 3.63) is 35.1 Å². The third-order valence-electron chi connectivity index (χ3n) is 2.26. The van der Waals surface area contributed by atoms with E-state index in [-0.39, 0.29) is 11.9 Å². The van der Waals surface area contributed by atoms with Gasteiger partial charge >= 0.3 is 6.09 Å². The van der Waals surface area contributed by atoms with Gasteiger partial charge in [0, 0.05) is 0 Å². The topological polar surface area (TPSA) is 38.3 Å². The molecule has 1 atom stereocenters. The SMILES string of the molecule is Cc1cc([C@@H]2COC(=O)N2)ccc1F. The second kappa shape index (κ2) is 3.29. The van der Waals surface area contributed by atoms with Gasteiger partial charge in [0.15, 0.2) is 0 Å². The van der Waals surface area contributed by atoms with Crippen LogP contribution >= 0.6 is 0 Å². The maximum Gasteiger partial charge on any atom is 0.407 e. The van der Waals surface area contributed by atoms with Crippen molar-refractivity contribution in [1.82, 2.24) is 5.32 Å². The quantitative estimate of drug-likeness (QED) is 0.743. The third-order valence-corrected chi connectivity index (χ3v) is 2.26. The van der Waals surface area contributed by atoms with E-state index in [1.807, 2.05) is 0 Å². The van der Waals surface area contributed by atoms with Gasteiger partial charge in [-0.25, -0.2) is 9.18 Å². The molecule has 2 rings (SSSR count). The second-order valence-electron chi connectivity index (χ2n) is 3.30. The highest BCUT2D eigenvalue weighted by Gasteiger charge is 2.23. The number of hydrogen-bond donors (Lipinski definition) is 1. The summed E-state index contributed by atoms with van der Waals surface area (Å²) in [6.45, 7) is 2.00. The Balaban J connectivity index is 2.24. The van der Waals surface area contributed by atoms with Gasteiger partial charge in [0.2, 0.25) is 0 Å². The van der Waals surface area contributed by atoms with Crippen LogP contribution in [0.25, 0.3) is 0 Å². The highest BCUT2D eigenvalue weighted by atomic mass is 19.1. The smallest absolute Gasteiger partial charge is 0.407 e. The second-order valence-corrected chi connectivity index (χ2v) is 3.30. The molecule has 1 N–H and O–H groups in total. The number of rotatable bonds is 1. The lowest BCUT2D eigenvalue weighted by atomic mass is 10.1. The Kier molecular flexibility index (Phi) is 2.11. The molecule has 1 saturated heterocycles. The van der Waals surface area contributed by atoms with Gasteiger partial charge in [-0.15, -0.1) is 0 Å². The van der Waals surface area contributed by atoms with Crippen molar-refractivity contribution < 1.29 is 13.9 Å². The number of alkyl carbamates (subject to hydrolysis) is 1. The summed E-state index contributed by atoms with van der Waals surface area (Å²) in [5.41, 5.74) is 1.44. The van der Waals surface area contributed by atoms with E-state index >= 15 is 0 Å². The number of benzene rings is 1. The molecule has 1 amide bonds. The first kappa shape index (κ1) is 8.99. The summed E-state index contributed by atoms with van der Waals surface area (Å²) in [5, 5.41) is 2.63. The lowest BCUT2D eigenvalue weighted by molar-refractivity contribution is 0.177. The Morgan fingerprint density at radius 3 is 2.93 bits per heavy atom. The number of cyclic esters (lactones) is 1. The third kappa shape index (κ3) is 1.55. The fourth-order valence-electron chi connectivity index (χ4n) is 1.45. The normalized spacial score (nSPS) is 20.4. The van der Waals surface area contributed by atoms with Crippen molar-refractivity contribution in [2.24, 2.45) is 0 Å². The fraction of sp³-hybridized carbons (Fsp3) is 0.300. The van der Waals surface area contributed by atoms with Gasteiger partial charge in [0.05, 0.1) is 6.04 Å². The molecule has 1 aliphatic rings. The number of ether oxygens (including phenoxy) is 1. The summed E-state index contributed by atoms with van der Waals surface area (Å²) in [7, 11) is 0. The Labute approximate surface area is 80.9 Å². The molecule has 0 unspecified atom stereocenters. The molecular weight excluding hydrogens is 185 g/mol. The summed E-state index contributed by atoms with van der Waals surface area (Å²) in [4.78, 5) is 10.8. The monoisotopic (exact) mass is 195 g/mol. The zero-order valence-electron chi connectivity index (χ0n) is 7.71. The molecule has 1 aromatic rings. The number of carbonyl (C=O) groups is 1. The average Bonchev–Trinajstić information content (AvgIpc) is 2.57. The van der Waals surface area contributed by atoms with Crippen LogP contribution in [0.2, 0.25) is 0 Å². The largest absolute Gasteiger partial charge is 0.447 e. The van der Waals surface area contributed by atoms with Crippen molar-refractivity contribution >= 4 is 6.09 Å². The minimum atomic E-state index is -0.419. The van der Waals surface area contributed by atoms with Gasteiger partial charge in [0.25, 0.3) is 0 Å². The van der Waals surface area contributed by atoms with Crippen LogP contribution in [-0.2, 0) is 4.74 Å². The van der Waals surface area contributed by atoms with Gasteiger partial charge in [-0.05, 0) is 24.1 Å². The van der Waals surface area contributed by atoms with Crippen molar-refractivity contribution in [3.8, 4) is 0 Å². The zero-order chi connectivity index (χ0) is 10.1. The Bertz CT molecular complexity index is 378. The van der Waals surface area contributed by atoms with E-state index < -0.39 is 6.09 Å². The van der Waals surface area contributed by atoms with Gasteiger partial charge in [-0.3, -0.25) is 0 Å². The van der Waals surface area contributed by atoms with E-state index in [0.717, 1.165) is 5.56 Å². The van der Waals surface area contributed by atoms with Gasteiger partial charge in [-0.1, -0.05) is 12.1 Å². The molecule has 0 radical (unpaired) electrons. The number of halogens is 1. The Hall–Kier alpha value is -1.58.